The van der Waals surface area contributed by atoms with Crippen LogP contribution in [-0.4, -0.2) is 29.2 Å². The van der Waals surface area contributed by atoms with Crippen LogP contribution in [0, 0.1) is 5.92 Å². The number of hydrogen-bond acceptors (Lipinski definition) is 2. The number of carbonyl (C=O) groups is 2. The van der Waals surface area contributed by atoms with Crippen LogP contribution in [-0.2, 0) is 9.59 Å². The lowest BCUT2D eigenvalue weighted by Gasteiger charge is -2.29. The van der Waals surface area contributed by atoms with Gasteiger partial charge in [0.05, 0.1) is 0 Å². The normalized spacial score (nSPS) is 23.9. The van der Waals surface area contributed by atoms with Crippen LogP contribution in [0.1, 0.15) is 44.9 Å². The van der Waals surface area contributed by atoms with E-state index < -0.39 is 24.1 Å². The molecular formula is C12H18F3NO3. The van der Waals surface area contributed by atoms with Gasteiger partial charge in [-0.2, -0.15) is 13.2 Å². The second-order valence-corrected chi connectivity index (χ2v) is 4.99. The minimum atomic E-state index is -4.84. The van der Waals surface area contributed by atoms with Crippen molar-refractivity contribution in [3.63, 3.8) is 0 Å². The first kappa shape index (κ1) is 15.8. The number of carboxylic acids is 1. The molecule has 19 heavy (non-hydrogen) atoms. The maximum Gasteiger partial charge on any atom is 0.471 e. The summed E-state index contributed by atoms with van der Waals surface area (Å²) < 4.78 is 36.3. The first-order chi connectivity index (χ1) is 8.79. The quantitative estimate of drug-likeness (QED) is 0.813. The summed E-state index contributed by atoms with van der Waals surface area (Å²) in [6.07, 6.45) is -0.839. The topological polar surface area (TPSA) is 66.4 Å². The molecule has 0 spiro atoms. The van der Waals surface area contributed by atoms with Gasteiger partial charge >= 0.3 is 18.1 Å². The lowest BCUT2D eigenvalue weighted by Crippen LogP contribution is -2.45. The van der Waals surface area contributed by atoms with Gasteiger partial charge in [0, 0.05) is 12.5 Å². The summed E-state index contributed by atoms with van der Waals surface area (Å²) in [6.45, 7) is 0. The van der Waals surface area contributed by atoms with E-state index in [0.717, 1.165) is 12.8 Å². The van der Waals surface area contributed by atoms with Crippen LogP contribution in [0.3, 0.4) is 0 Å². The van der Waals surface area contributed by atoms with E-state index in [9.17, 15) is 22.8 Å². The predicted octanol–water partition coefficient (Wildman–Crippen LogP) is 2.48. The predicted molar refractivity (Wildman–Crippen MR) is 61.4 cm³/mol. The summed E-state index contributed by atoms with van der Waals surface area (Å²) in [5.74, 6) is -2.55. The molecule has 0 aromatic rings. The molecule has 1 aliphatic rings. The maximum absolute atomic E-state index is 12.1. The van der Waals surface area contributed by atoms with Crippen molar-refractivity contribution in [3.8, 4) is 0 Å². The molecule has 1 aliphatic carbocycles. The van der Waals surface area contributed by atoms with Crippen molar-refractivity contribution in [3.05, 3.63) is 0 Å². The number of carboxylic acid groups (broad SMARTS) is 1. The number of hydrogen-bond donors (Lipinski definition) is 2. The van der Waals surface area contributed by atoms with E-state index in [1.165, 1.54) is 0 Å². The first-order valence-corrected chi connectivity index (χ1v) is 6.38. The van der Waals surface area contributed by atoms with Gasteiger partial charge in [0.25, 0.3) is 0 Å². The highest BCUT2D eigenvalue weighted by atomic mass is 19.4. The molecule has 0 radical (unpaired) electrons. The summed E-state index contributed by atoms with van der Waals surface area (Å²) in [7, 11) is 0. The van der Waals surface area contributed by atoms with Gasteiger partial charge in [0.1, 0.15) is 0 Å². The fourth-order valence-electron chi connectivity index (χ4n) is 2.49. The summed E-state index contributed by atoms with van der Waals surface area (Å²) in [6, 6.07) is -0.447. The largest absolute Gasteiger partial charge is 0.481 e. The molecule has 1 amide bonds. The minimum absolute atomic E-state index is 0.0794. The van der Waals surface area contributed by atoms with Crippen LogP contribution in [0.25, 0.3) is 0 Å². The zero-order chi connectivity index (χ0) is 14.5. The summed E-state index contributed by atoms with van der Waals surface area (Å²) in [4.78, 5) is 21.2. The van der Waals surface area contributed by atoms with Gasteiger partial charge in [-0.1, -0.05) is 12.8 Å². The van der Waals surface area contributed by atoms with Gasteiger partial charge in [-0.25, -0.2) is 0 Å². The summed E-state index contributed by atoms with van der Waals surface area (Å²) in [5, 5.41) is 10.5. The van der Waals surface area contributed by atoms with Crippen molar-refractivity contribution in [2.75, 3.05) is 0 Å². The third kappa shape index (κ3) is 5.94. The third-order valence-corrected chi connectivity index (χ3v) is 3.38. The average molecular weight is 281 g/mol. The molecule has 0 saturated heterocycles. The summed E-state index contributed by atoms with van der Waals surface area (Å²) >= 11 is 0. The Hall–Kier alpha value is -1.27. The number of alkyl halides is 3. The standard InChI is InChI=1S/C12H18F3NO3/c13-12(14,15)11(19)16-9-5-1-3-8(7-9)4-2-6-10(17)18/h8-9H,1-7H2,(H,16,19)(H,17,18). The molecule has 1 saturated carbocycles. The fraction of sp³-hybridized carbons (Fsp3) is 0.833. The van der Waals surface area contributed by atoms with Crippen molar-refractivity contribution in [2.45, 2.75) is 57.2 Å². The van der Waals surface area contributed by atoms with Gasteiger partial charge < -0.3 is 10.4 Å². The van der Waals surface area contributed by atoms with Crippen LogP contribution < -0.4 is 5.32 Å². The van der Waals surface area contributed by atoms with Gasteiger partial charge in [-0.05, 0) is 31.6 Å². The first-order valence-electron chi connectivity index (χ1n) is 6.38. The number of aliphatic carboxylic acids is 1. The molecule has 0 heterocycles. The lowest BCUT2D eigenvalue weighted by atomic mass is 9.82. The van der Waals surface area contributed by atoms with Crippen molar-refractivity contribution >= 4 is 11.9 Å². The van der Waals surface area contributed by atoms with Crippen LogP contribution in [0.4, 0.5) is 13.2 Å². The van der Waals surface area contributed by atoms with Crippen molar-refractivity contribution in [1.29, 1.82) is 0 Å². The van der Waals surface area contributed by atoms with E-state index in [1.54, 1.807) is 0 Å². The van der Waals surface area contributed by atoms with Crippen LogP contribution in [0.5, 0.6) is 0 Å². The molecule has 2 unspecified atom stereocenters. The number of rotatable bonds is 5. The Morgan fingerprint density at radius 1 is 1.26 bits per heavy atom. The highest BCUT2D eigenvalue weighted by Crippen LogP contribution is 2.29. The molecule has 0 aromatic heterocycles. The van der Waals surface area contributed by atoms with E-state index in [2.05, 4.69) is 0 Å². The number of halogens is 3. The van der Waals surface area contributed by atoms with E-state index in [4.69, 9.17) is 5.11 Å². The third-order valence-electron chi connectivity index (χ3n) is 3.38. The van der Waals surface area contributed by atoms with Crippen molar-refractivity contribution in [2.24, 2.45) is 5.92 Å². The monoisotopic (exact) mass is 281 g/mol. The minimum Gasteiger partial charge on any atom is -0.481 e. The van der Waals surface area contributed by atoms with Gasteiger partial charge in [-0.3, -0.25) is 9.59 Å². The summed E-state index contributed by atoms with van der Waals surface area (Å²) in [5.41, 5.74) is 0. The van der Waals surface area contributed by atoms with E-state index in [0.29, 0.717) is 25.7 Å². The van der Waals surface area contributed by atoms with E-state index in [1.807, 2.05) is 5.32 Å². The molecule has 110 valence electrons. The smallest absolute Gasteiger partial charge is 0.471 e. The molecule has 4 nitrogen and oxygen atoms in total. The maximum atomic E-state index is 12.1. The Kier molecular flexibility index (Phi) is 5.62. The Balaban J connectivity index is 2.34. The molecule has 2 N–H and O–H groups in total. The number of amides is 1. The Morgan fingerprint density at radius 2 is 1.95 bits per heavy atom. The van der Waals surface area contributed by atoms with Crippen LogP contribution >= 0.6 is 0 Å². The van der Waals surface area contributed by atoms with Crippen LogP contribution in [0.15, 0.2) is 0 Å². The molecular weight excluding hydrogens is 263 g/mol. The van der Waals surface area contributed by atoms with Gasteiger partial charge in [0.15, 0.2) is 0 Å². The Bertz CT molecular complexity index is 331. The van der Waals surface area contributed by atoms with Gasteiger partial charge in [0.2, 0.25) is 0 Å². The average Bonchev–Trinajstić information content (AvgIpc) is 2.27. The molecule has 1 fully saturated rings. The highest BCUT2D eigenvalue weighted by molar-refractivity contribution is 5.81. The molecule has 7 heteroatoms. The zero-order valence-electron chi connectivity index (χ0n) is 10.5. The van der Waals surface area contributed by atoms with E-state index in [-0.39, 0.29) is 12.3 Å². The zero-order valence-corrected chi connectivity index (χ0v) is 10.5. The molecule has 0 bridgehead atoms. The van der Waals surface area contributed by atoms with Crippen molar-refractivity contribution in [1.82, 2.24) is 5.32 Å². The number of carbonyl (C=O) groups excluding carboxylic acids is 1. The molecule has 1 rings (SSSR count). The number of nitrogens with one attached hydrogen (secondary N) is 1. The fourth-order valence-corrected chi connectivity index (χ4v) is 2.49. The lowest BCUT2D eigenvalue weighted by molar-refractivity contribution is -0.174. The molecule has 0 aromatic carbocycles. The molecule has 0 aliphatic heterocycles. The van der Waals surface area contributed by atoms with Crippen molar-refractivity contribution < 1.29 is 27.9 Å². The second-order valence-electron chi connectivity index (χ2n) is 4.99. The van der Waals surface area contributed by atoms with E-state index >= 15 is 0 Å². The van der Waals surface area contributed by atoms with Crippen LogP contribution in [0.2, 0.25) is 0 Å². The Morgan fingerprint density at radius 3 is 2.53 bits per heavy atom. The Labute approximate surface area is 109 Å². The second kappa shape index (κ2) is 6.77. The van der Waals surface area contributed by atoms with Gasteiger partial charge in [-0.15, -0.1) is 0 Å². The SMILES string of the molecule is O=C(O)CCCC1CCCC(NC(=O)C(F)(F)F)C1. The molecule has 2 atom stereocenters. The highest BCUT2D eigenvalue weighted by Gasteiger charge is 2.40.